The summed E-state index contributed by atoms with van der Waals surface area (Å²) in [6.45, 7) is 2.00. The van der Waals surface area contributed by atoms with E-state index >= 15 is 0 Å². The SMILES string of the molecule is Cc1cnn(C2CCCC(N)(C(N)=O)C2)c1. The van der Waals surface area contributed by atoms with Gasteiger partial charge in [0, 0.05) is 6.20 Å². The molecule has 1 aliphatic carbocycles. The second-order valence-electron chi connectivity index (χ2n) is 4.77. The molecule has 16 heavy (non-hydrogen) atoms. The molecule has 1 fully saturated rings. The lowest BCUT2D eigenvalue weighted by molar-refractivity contribution is -0.124. The Morgan fingerprint density at radius 3 is 3.00 bits per heavy atom. The zero-order chi connectivity index (χ0) is 11.8. The lowest BCUT2D eigenvalue weighted by Crippen LogP contribution is -2.54. The van der Waals surface area contributed by atoms with Crippen LogP contribution in [0.1, 0.15) is 37.3 Å². The molecule has 2 rings (SSSR count). The normalized spacial score (nSPS) is 30.2. The van der Waals surface area contributed by atoms with Crippen LogP contribution in [0.5, 0.6) is 0 Å². The van der Waals surface area contributed by atoms with Crippen molar-refractivity contribution in [1.29, 1.82) is 0 Å². The van der Waals surface area contributed by atoms with Gasteiger partial charge in [-0.25, -0.2) is 0 Å². The average Bonchev–Trinajstić information content (AvgIpc) is 2.65. The van der Waals surface area contributed by atoms with E-state index in [9.17, 15) is 4.79 Å². The predicted molar refractivity (Wildman–Crippen MR) is 60.6 cm³/mol. The number of amides is 1. The van der Waals surface area contributed by atoms with Crippen LogP contribution in [-0.2, 0) is 4.79 Å². The van der Waals surface area contributed by atoms with Gasteiger partial charge >= 0.3 is 0 Å². The zero-order valence-corrected chi connectivity index (χ0v) is 9.52. The van der Waals surface area contributed by atoms with Gasteiger partial charge < -0.3 is 11.5 Å². The number of carbonyl (C=O) groups is 1. The molecule has 0 saturated heterocycles. The highest BCUT2D eigenvalue weighted by Crippen LogP contribution is 2.33. The Kier molecular flexibility index (Phi) is 2.71. The fourth-order valence-electron chi connectivity index (χ4n) is 2.36. The zero-order valence-electron chi connectivity index (χ0n) is 9.52. The molecule has 1 aromatic rings. The van der Waals surface area contributed by atoms with E-state index < -0.39 is 11.4 Å². The van der Waals surface area contributed by atoms with Crippen LogP contribution in [0.15, 0.2) is 12.4 Å². The Bertz CT molecular complexity index is 400. The van der Waals surface area contributed by atoms with Crippen LogP contribution in [0.4, 0.5) is 0 Å². The van der Waals surface area contributed by atoms with Gasteiger partial charge in [-0.2, -0.15) is 5.10 Å². The summed E-state index contributed by atoms with van der Waals surface area (Å²) in [5.41, 5.74) is 11.6. The molecule has 0 aliphatic heterocycles. The van der Waals surface area contributed by atoms with E-state index in [2.05, 4.69) is 5.10 Å². The number of nitrogens with two attached hydrogens (primary N) is 2. The molecule has 1 saturated carbocycles. The molecule has 0 aromatic carbocycles. The summed E-state index contributed by atoms with van der Waals surface area (Å²) >= 11 is 0. The number of nitrogens with zero attached hydrogens (tertiary/aromatic N) is 2. The average molecular weight is 222 g/mol. The van der Waals surface area contributed by atoms with Crippen molar-refractivity contribution in [3.63, 3.8) is 0 Å². The first-order valence-electron chi connectivity index (χ1n) is 5.61. The van der Waals surface area contributed by atoms with Crippen molar-refractivity contribution in [3.8, 4) is 0 Å². The number of aryl methyl sites for hydroxylation is 1. The van der Waals surface area contributed by atoms with Gasteiger partial charge in [0.05, 0.1) is 17.8 Å². The molecule has 1 aliphatic rings. The van der Waals surface area contributed by atoms with Crippen LogP contribution in [0, 0.1) is 6.92 Å². The van der Waals surface area contributed by atoms with Crippen LogP contribution >= 0.6 is 0 Å². The van der Waals surface area contributed by atoms with Gasteiger partial charge in [-0.05, 0) is 38.2 Å². The van der Waals surface area contributed by atoms with Crippen LogP contribution in [0.2, 0.25) is 0 Å². The highest BCUT2D eigenvalue weighted by atomic mass is 16.1. The number of hydrogen-bond acceptors (Lipinski definition) is 3. The molecule has 4 N–H and O–H groups in total. The van der Waals surface area contributed by atoms with Crippen molar-refractivity contribution in [2.75, 3.05) is 0 Å². The minimum Gasteiger partial charge on any atom is -0.368 e. The van der Waals surface area contributed by atoms with E-state index in [0.717, 1.165) is 18.4 Å². The molecule has 0 radical (unpaired) electrons. The first-order chi connectivity index (χ1) is 7.51. The molecule has 5 heteroatoms. The monoisotopic (exact) mass is 222 g/mol. The van der Waals surface area contributed by atoms with E-state index in [1.165, 1.54) is 0 Å². The van der Waals surface area contributed by atoms with E-state index in [0.29, 0.717) is 12.8 Å². The Hall–Kier alpha value is -1.36. The first-order valence-corrected chi connectivity index (χ1v) is 5.61. The van der Waals surface area contributed by atoms with Gasteiger partial charge in [-0.1, -0.05) is 0 Å². The maximum Gasteiger partial charge on any atom is 0.237 e. The molecule has 0 spiro atoms. The summed E-state index contributed by atoms with van der Waals surface area (Å²) in [6.07, 6.45) is 6.99. The highest BCUT2D eigenvalue weighted by molar-refractivity contribution is 5.84. The molecule has 2 unspecified atom stereocenters. The Morgan fingerprint density at radius 2 is 2.44 bits per heavy atom. The summed E-state index contributed by atoms with van der Waals surface area (Å²) in [5.74, 6) is -0.402. The van der Waals surface area contributed by atoms with Crippen molar-refractivity contribution < 1.29 is 4.79 Å². The minimum absolute atomic E-state index is 0.194. The molecule has 5 nitrogen and oxygen atoms in total. The van der Waals surface area contributed by atoms with Gasteiger partial charge in [0.25, 0.3) is 0 Å². The first kappa shape index (κ1) is 11.1. The Labute approximate surface area is 94.8 Å². The largest absolute Gasteiger partial charge is 0.368 e. The highest BCUT2D eigenvalue weighted by Gasteiger charge is 2.38. The van der Waals surface area contributed by atoms with E-state index in [-0.39, 0.29) is 6.04 Å². The van der Waals surface area contributed by atoms with Gasteiger partial charge in [-0.15, -0.1) is 0 Å². The number of aromatic nitrogens is 2. The van der Waals surface area contributed by atoms with Crippen LogP contribution in [0.3, 0.4) is 0 Å². The van der Waals surface area contributed by atoms with Gasteiger partial charge in [0.15, 0.2) is 0 Å². The van der Waals surface area contributed by atoms with E-state index in [4.69, 9.17) is 11.5 Å². The number of carbonyl (C=O) groups excluding carboxylic acids is 1. The van der Waals surface area contributed by atoms with Crippen molar-refractivity contribution in [3.05, 3.63) is 18.0 Å². The van der Waals surface area contributed by atoms with Crippen LogP contribution in [-0.4, -0.2) is 21.2 Å². The molecular weight excluding hydrogens is 204 g/mol. The van der Waals surface area contributed by atoms with Crippen LogP contribution < -0.4 is 11.5 Å². The lowest BCUT2D eigenvalue weighted by atomic mass is 9.79. The number of primary amides is 1. The Balaban J connectivity index is 2.16. The van der Waals surface area contributed by atoms with Gasteiger partial charge in [0.1, 0.15) is 0 Å². The standard InChI is InChI=1S/C11H18N4O/c1-8-6-14-15(7-8)9-3-2-4-11(13,5-9)10(12)16/h6-7,9H,2-5,13H2,1H3,(H2,12,16). The van der Waals surface area contributed by atoms with Gasteiger partial charge in [0.2, 0.25) is 5.91 Å². The summed E-state index contributed by atoms with van der Waals surface area (Å²) in [6, 6.07) is 0.194. The molecule has 88 valence electrons. The molecule has 2 atom stereocenters. The smallest absolute Gasteiger partial charge is 0.237 e. The fraction of sp³-hybridized carbons (Fsp3) is 0.636. The maximum atomic E-state index is 11.3. The second-order valence-corrected chi connectivity index (χ2v) is 4.77. The van der Waals surface area contributed by atoms with E-state index in [1.54, 1.807) is 0 Å². The second kappa shape index (κ2) is 3.90. The summed E-state index contributed by atoms with van der Waals surface area (Å²) < 4.78 is 1.90. The minimum atomic E-state index is -0.858. The third kappa shape index (κ3) is 1.95. The molecular formula is C11H18N4O. The third-order valence-electron chi connectivity index (χ3n) is 3.36. The number of rotatable bonds is 2. The van der Waals surface area contributed by atoms with Crippen molar-refractivity contribution in [2.24, 2.45) is 11.5 Å². The van der Waals surface area contributed by atoms with Crippen molar-refractivity contribution in [1.82, 2.24) is 9.78 Å². The van der Waals surface area contributed by atoms with Crippen molar-refractivity contribution >= 4 is 5.91 Å². The molecule has 1 heterocycles. The van der Waals surface area contributed by atoms with Gasteiger partial charge in [-0.3, -0.25) is 9.48 Å². The summed E-state index contributed by atoms with van der Waals surface area (Å²) in [5, 5.41) is 4.27. The molecule has 1 aromatic heterocycles. The lowest BCUT2D eigenvalue weighted by Gasteiger charge is -2.35. The maximum absolute atomic E-state index is 11.3. The summed E-state index contributed by atoms with van der Waals surface area (Å²) in [7, 11) is 0. The molecule has 1 amide bonds. The Morgan fingerprint density at radius 1 is 1.69 bits per heavy atom. The van der Waals surface area contributed by atoms with E-state index in [1.807, 2.05) is 24.0 Å². The topological polar surface area (TPSA) is 86.9 Å². The fourth-order valence-corrected chi connectivity index (χ4v) is 2.36. The predicted octanol–water partition coefficient (Wildman–Crippen LogP) is 0.489. The molecule has 0 bridgehead atoms. The number of hydrogen-bond donors (Lipinski definition) is 2. The van der Waals surface area contributed by atoms with Crippen molar-refractivity contribution in [2.45, 2.75) is 44.2 Å². The quantitative estimate of drug-likeness (QED) is 0.763. The third-order valence-corrected chi connectivity index (χ3v) is 3.36. The van der Waals surface area contributed by atoms with Crippen LogP contribution in [0.25, 0.3) is 0 Å². The summed E-state index contributed by atoms with van der Waals surface area (Å²) in [4.78, 5) is 11.3.